The number of anilines is 1. The molecular weight excluding hydrogens is 234 g/mol. The highest BCUT2D eigenvalue weighted by Gasteiger charge is 2.18. The molecule has 0 radical (unpaired) electrons. The van der Waals surface area contributed by atoms with Gasteiger partial charge in [-0.3, -0.25) is 9.78 Å². The summed E-state index contributed by atoms with van der Waals surface area (Å²) < 4.78 is 5.27. The van der Waals surface area contributed by atoms with Crippen molar-refractivity contribution in [2.75, 3.05) is 18.1 Å². The highest BCUT2D eigenvalue weighted by Crippen LogP contribution is 2.17. The minimum atomic E-state index is -0.890. The van der Waals surface area contributed by atoms with Gasteiger partial charge in [-0.2, -0.15) is 4.98 Å². The second-order valence-corrected chi connectivity index (χ2v) is 3.93. The number of nitrogens with zero attached hydrogens (tertiary/aromatic N) is 3. The summed E-state index contributed by atoms with van der Waals surface area (Å²) in [5.41, 5.74) is 0. The third-order valence-corrected chi connectivity index (χ3v) is 2.61. The van der Waals surface area contributed by atoms with E-state index in [2.05, 4.69) is 9.97 Å². The number of rotatable bonds is 7. The summed E-state index contributed by atoms with van der Waals surface area (Å²) in [4.78, 5) is 20.9. The molecule has 0 fully saturated rings. The molecule has 0 bridgehead atoms. The van der Waals surface area contributed by atoms with Crippen molar-refractivity contribution in [2.24, 2.45) is 0 Å². The van der Waals surface area contributed by atoms with Crippen LogP contribution in [0.3, 0.4) is 0 Å². The number of carboxylic acid groups (broad SMARTS) is 1. The van der Waals surface area contributed by atoms with Gasteiger partial charge in [-0.05, 0) is 20.3 Å². The van der Waals surface area contributed by atoms with Gasteiger partial charge in [0.05, 0.1) is 19.0 Å². The minimum Gasteiger partial charge on any atom is -0.480 e. The van der Waals surface area contributed by atoms with Gasteiger partial charge in [-0.1, -0.05) is 6.92 Å². The first-order chi connectivity index (χ1) is 8.58. The fraction of sp³-hybridized carbons (Fsp3) is 0.583. The third kappa shape index (κ3) is 3.87. The molecule has 1 heterocycles. The average Bonchev–Trinajstić information content (AvgIpc) is 2.35. The van der Waals surface area contributed by atoms with Crippen molar-refractivity contribution in [2.45, 2.75) is 33.2 Å². The molecule has 18 heavy (non-hydrogen) atoms. The van der Waals surface area contributed by atoms with Gasteiger partial charge in [0.2, 0.25) is 5.88 Å². The highest BCUT2D eigenvalue weighted by atomic mass is 16.5. The number of ether oxygens (including phenoxy) is 1. The zero-order valence-corrected chi connectivity index (χ0v) is 11.0. The van der Waals surface area contributed by atoms with Crippen LogP contribution in [0, 0.1) is 0 Å². The average molecular weight is 253 g/mol. The van der Waals surface area contributed by atoms with Crippen LogP contribution in [-0.4, -0.2) is 40.2 Å². The van der Waals surface area contributed by atoms with Crippen LogP contribution >= 0.6 is 0 Å². The zero-order chi connectivity index (χ0) is 13.5. The van der Waals surface area contributed by atoms with Gasteiger partial charge in [0, 0.05) is 6.04 Å². The molecular formula is C12H19N3O3. The smallest absolute Gasteiger partial charge is 0.323 e. The van der Waals surface area contributed by atoms with Crippen molar-refractivity contribution < 1.29 is 14.6 Å². The Bertz CT molecular complexity index is 398. The molecule has 6 nitrogen and oxygen atoms in total. The summed E-state index contributed by atoms with van der Waals surface area (Å²) in [6, 6.07) is 0.0762. The number of hydrogen-bond donors (Lipinski definition) is 1. The summed E-state index contributed by atoms with van der Waals surface area (Å²) in [5.74, 6) is 0.0466. The standard InChI is InChI=1S/C12H19N3O3/c1-4-9(3)15(8-12(16)17)10-6-13-7-11(14-10)18-5-2/h6-7,9H,4-5,8H2,1-3H3,(H,16,17). The van der Waals surface area contributed by atoms with E-state index in [-0.39, 0.29) is 12.6 Å². The molecule has 1 atom stereocenters. The van der Waals surface area contributed by atoms with Crippen LogP contribution < -0.4 is 9.64 Å². The molecule has 1 N–H and O–H groups in total. The molecule has 1 aromatic heterocycles. The lowest BCUT2D eigenvalue weighted by atomic mass is 10.2. The number of aliphatic carboxylic acids is 1. The molecule has 0 amide bonds. The number of aromatic nitrogens is 2. The van der Waals surface area contributed by atoms with E-state index in [4.69, 9.17) is 9.84 Å². The van der Waals surface area contributed by atoms with E-state index in [0.29, 0.717) is 18.3 Å². The topological polar surface area (TPSA) is 75.5 Å². The minimum absolute atomic E-state index is 0.0762. The molecule has 6 heteroatoms. The largest absolute Gasteiger partial charge is 0.480 e. The molecule has 0 aromatic carbocycles. The van der Waals surface area contributed by atoms with Crippen LogP contribution in [-0.2, 0) is 4.79 Å². The molecule has 1 unspecified atom stereocenters. The van der Waals surface area contributed by atoms with Crippen molar-refractivity contribution in [3.05, 3.63) is 12.4 Å². The van der Waals surface area contributed by atoms with Gasteiger partial charge >= 0.3 is 5.97 Å². The first-order valence-electron chi connectivity index (χ1n) is 6.01. The molecule has 0 aliphatic heterocycles. The van der Waals surface area contributed by atoms with E-state index in [1.165, 1.54) is 6.20 Å². The third-order valence-electron chi connectivity index (χ3n) is 2.61. The van der Waals surface area contributed by atoms with Crippen LogP contribution in [0.1, 0.15) is 27.2 Å². The lowest BCUT2D eigenvalue weighted by molar-refractivity contribution is -0.135. The second-order valence-electron chi connectivity index (χ2n) is 3.93. The maximum absolute atomic E-state index is 10.9. The van der Waals surface area contributed by atoms with Gasteiger partial charge in [0.15, 0.2) is 5.82 Å². The van der Waals surface area contributed by atoms with E-state index < -0.39 is 5.97 Å². The van der Waals surface area contributed by atoms with E-state index in [1.54, 1.807) is 11.1 Å². The van der Waals surface area contributed by atoms with Gasteiger partial charge in [-0.25, -0.2) is 0 Å². The van der Waals surface area contributed by atoms with Crippen LogP contribution in [0.2, 0.25) is 0 Å². The summed E-state index contributed by atoms with van der Waals surface area (Å²) in [6.45, 7) is 6.22. The Labute approximate surface area is 107 Å². The molecule has 0 aliphatic rings. The summed E-state index contributed by atoms with van der Waals surface area (Å²) in [6.07, 6.45) is 3.90. The quantitative estimate of drug-likeness (QED) is 0.794. The predicted octanol–water partition coefficient (Wildman–Crippen LogP) is 1.56. The Kier molecular flexibility index (Phi) is 5.35. The first-order valence-corrected chi connectivity index (χ1v) is 6.01. The summed E-state index contributed by atoms with van der Waals surface area (Å²) >= 11 is 0. The lowest BCUT2D eigenvalue weighted by Crippen LogP contribution is -2.37. The summed E-state index contributed by atoms with van der Waals surface area (Å²) in [7, 11) is 0. The Morgan fingerprint density at radius 2 is 2.22 bits per heavy atom. The zero-order valence-electron chi connectivity index (χ0n) is 11.0. The monoisotopic (exact) mass is 253 g/mol. The molecule has 0 saturated heterocycles. The molecule has 0 spiro atoms. The van der Waals surface area contributed by atoms with E-state index in [9.17, 15) is 4.79 Å². The highest BCUT2D eigenvalue weighted by molar-refractivity contribution is 5.73. The van der Waals surface area contributed by atoms with E-state index >= 15 is 0 Å². The Morgan fingerprint density at radius 1 is 1.50 bits per heavy atom. The maximum atomic E-state index is 10.9. The number of carboxylic acids is 1. The van der Waals surface area contributed by atoms with Gasteiger partial charge in [0.25, 0.3) is 0 Å². The summed E-state index contributed by atoms with van der Waals surface area (Å²) in [5, 5.41) is 8.94. The Morgan fingerprint density at radius 3 is 2.78 bits per heavy atom. The second kappa shape index (κ2) is 6.78. The van der Waals surface area contributed by atoms with Crippen molar-refractivity contribution in [1.82, 2.24) is 9.97 Å². The maximum Gasteiger partial charge on any atom is 0.323 e. The van der Waals surface area contributed by atoms with Gasteiger partial charge < -0.3 is 14.7 Å². The van der Waals surface area contributed by atoms with Crippen LogP contribution in [0.15, 0.2) is 12.4 Å². The normalized spacial score (nSPS) is 11.9. The number of hydrogen-bond acceptors (Lipinski definition) is 5. The molecule has 1 aromatic rings. The van der Waals surface area contributed by atoms with Crippen molar-refractivity contribution >= 4 is 11.8 Å². The fourth-order valence-electron chi connectivity index (χ4n) is 1.52. The predicted molar refractivity (Wildman–Crippen MR) is 67.9 cm³/mol. The fourth-order valence-corrected chi connectivity index (χ4v) is 1.52. The van der Waals surface area contributed by atoms with E-state index in [1.807, 2.05) is 20.8 Å². The van der Waals surface area contributed by atoms with Crippen molar-refractivity contribution in [3.63, 3.8) is 0 Å². The number of carbonyl (C=O) groups is 1. The lowest BCUT2D eigenvalue weighted by Gasteiger charge is -2.27. The molecule has 1 rings (SSSR count). The molecule has 0 saturated carbocycles. The molecule has 0 aliphatic carbocycles. The van der Waals surface area contributed by atoms with Crippen LogP contribution in [0.4, 0.5) is 5.82 Å². The van der Waals surface area contributed by atoms with Crippen molar-refractivity contribution in [1.29, 1.82) is 0 Å². The Hall–Kier alpha value is -1.85. The van der Waals surface area contributed by atoms with Gasteiger partial charge in [-0.15, -0.1) is 0 Å². The van der Waals surface area contributed by atoms with Crippen LogP contribution in [0.25, 0.3) is 0 Å². The Balaban J connectivity index is 2.96. The molecule has 100 valence electrons. The SMILES string of the molecule is CCOc1cncc(N(CC(=O)O)C(C)CC)n1. The van der Waals surface area contributed by atoms with Gasteiger partial charge in [0.1, 0.15) is 6.54 Å². The first kappa shape index (κ1) is 14.2. The van der Waals surface area contributed by atoms with Crippen LogP contribution in [0.5, 0.6) is 5.88 Å². The van der Waals surface area contributed by atoms with Crippen molar-refractivity contribution in [3.8, 4) is 5.88 Å². The van der Waals surface area contributed by atoms with E-state index in [0.717, 1.165) is 6.42 Å².